The van der Waals surface area contributed by atoms with Crippen molar-refractivity contribution in [2.75, 3.05) is 31.5 Å². The maximum atomic E-state index is 13.1. The lowest BCUT2D eigenvalue weighted by molar-refractivity contribution is 0.0534. The lowest BCUT2D eigenvalue weighted by Gasteiger charge is -2.34. The van der Waals surface area contributed by atoms with Crippen molar-refractivity contribution < 1.29 is 14.4 Å². The van der Waals surface area contributed by atoms with Crippen LogP contribution >= 0.6 is 22.9 Å². The monoisotopic (exact) mass is 469 g/mol. The normalized spacial score (nSPS) is 13.7. The number of carbonyl (C=O) groups excluding carboxylic acids is 3. The van der Waals surface area contributed by atoms with Gasteiger partial charge >= 0.3 is 0 Å². The highest BCUT2D eigenvalue weighted by Gasteiger charge is 2.28. The van der Waals surface area contributed by atoms with Crippen molar-refractivity contribution in [1.82, 2.24) is 19.8 Å². The van der Waals surface area contributed by atoms with Crippen LogP contribution in [-0.2, 0) is 0 Å². The van der Waals surface area contributed by atoms with E-state index in [1.54, 1.807) is 40.1 Å². The highest BCUT2D eigenvalue weighted by atomic mass is 35.5. The van der Waals surface area contributed by atoms with Crippen LogP contribution in [0.4, 0.5) is 5.00 Å². The fourth-order valence-electron chi connectivity index (χ4n) is 3.41. The van der Waals surface area contributed by atoms with Crippen molar-refractivity contribution in [2.24, 2.45) is 0 Å². The average molecular weight is 470 g/mol. The predicted octanol–water partition coefficient (Wildman–Crippen LogP) is 3.35. The molecule has 0 saturated carbocycles. The highest BCUT2D eigenvalue weighted by Crippen LogP contribution is 2.29. The number of rotatable bonds is 4. The smallest absolute Gasteiger partial charge is 0.274 e. The summed E-state index contributed by atoms with van der Waals surface area (Å²) < 4.78 is 0. The van der Waals surface area contributed by atoms with Crippen molar-refractivity contribution in [3.63, 3.8) is 0 Å². The number of halogens is 1. The molecule has 0 atom stereocenters. The van der Waals surface area contributed by atoms with E-state index in [9.17, 15) is 14.4 Å². The predicted molar refractivity (Wildman–Crippen MR) is 122 cm³/mol. The van der Waals surface area contributed by atoms with Crippen molar-refractivity contribution in [1.29, 1.82) is 0 Å². The molecule has 0 aliphatic carbocycles. The maximum absolute atomic E-state index is 13.1. The van der Waals surface area contributed by atoms with E-state index in [0.717, 1.165) is 5.56 Å². The number of piperazine rings is 1. The Morgan fingerprint density at radius 3 is 2.38 bits per heavy atom. The second-order valence-electron chi connectivity index (χ2n) is 7.23. The summed E-state index contributed by atoms with van der Waals surface area (Å²) in [6, 6.07) is 8.57. The lowest BCUT2D eigenvalue weighted by atomic mass is 10.2. The molecule has 3 aromatic rings. The van der Waals surface area contributed by atoms with E-state index in [1.165, 1.54) is 29.9 Å². The molecule has 1 N–H and O–H groups in total. The van der Waals surface area contributed by atoms with Crippen molar-refractivity contribution in [3.8, 4) is 0 Å². The molecule has 164 valence electrons. The molecular formula is C22H20ClN5O3S. The summed E-state index contributed by atoms with van der Waals surface area (Å²) in [5, 5.41) is 3.76. The van der Waals surface area contributed by atoms with E-state index in [2.05, 4.69) is 15.3 Å². The summed E-state index contributed by atoms with van der Waals surface area (Å²) in [6.07, 6.45) is 4.43. The first-order valence-corrected chi connectivity index (χ1v) is 11.1. The van der Waals surface area contributed by atoms with E-state index in [0.29, 0.717) is 52.3 Å². The fraction of sp³-hybridized carbons (Fsp3) is 0.227. The molecular weight excluding hydrogens is 450 g/mol. The van der Waals surface area contributed by atoms with Crippen LogP contribution in [0.25, 0.3) is 0 Å². The highest BCUT2D eigenvalue weighted by molar-refractivity contribution is 7.18. The molecule has 1 fully saturated rings. The molecule has 3 heterocycles. The Labute approximate surface area is 193 Å². The summed E-state index contributed by atoms with van der Waals surface area (Å²) >= 11 is 7.32. The largest absolute Gasteiger partial charge is 0.334 e. The van der Waals surface area contributed by atoms with Crippen LogP contribution in [0.15, 0.2) is 48.9 Å². The molecule has 0 radical (unpaired) electrons. The Morgan fingerprint density at radius 1 is 1.03 bits per heavy atom. The zero-order valence-electron chi connectivity index (χ0n) is 17.2. The van der Waals surface area contributed by atoms with Crippen LogP contribution in [0, 0.1) is 6.92 Å². The number of thiophene rings is 1. The summed E-state index contributed by atoms with van der Waals surface area (Å²) in [6.45, 7) is 3.51. The Hall–Kier alpha value is -3.30. The number of benzene rings is 1. The first-order valence-electron chi connectivity index (χ1n) is 9.95. The number of carbonyl (C=O) groups is 3. The first kappa shape index (κ1) is 21.9. The van der Waals surface area contributed by atoms with Crippen LogP contribution < -0.4 is 5.32 Å². The van der Waals surface area contributed by atoms with Crippen molar-refractivity contribution >= 4 is 45.7 Å². The van der Waals surface area contributed by atoms with Gasteiger partial charge in [0.15, 0.2) is 0 Å². The lowest BCUT2D eigenvalue weighted by Crippen LogP contribution is -2.50. The van der Waals surface area contributed by atoms with Gasteiger partial charge in [0.1, 0.15) is 5.69 Å². The minimum atomic E-state index is -0.327. The van der Waals surface area contributed by atoms with Gasteiger partial charge in [-0.3, -0.25) is 19.4 Å². The zero-order chi connectivity index (χ0) is 22.7. The number of anilines is 1. The van der Waals surface area contributed by atoms with Gasteiger partial charge in [-0.2, -0.15) is 0 Å². The number of aromatic nitrogens is 2. The number of nitrogens with one attached hydrogen (secondary N) is 1. The van der Waals surface area contributed by atoms with Crippen LogP contribution in [0.1, 0.15) is 36.1 Å². The number of nitrogens with zero attached hydrogens (tertiary/aromatic N) is 4. The summed E-state index contributed by atoms with van der Waals surface area (Å²) in [4.78, 5) is 50.0. The summed E-state index contributed by atoms with van der Waals surface area (Å²) in [5.41, 5.74) is 1.45. The van der Waals surface area contributed by atoms with Gasteiger partial charge in [0, 0.05) is 38.6 Å². The Balaban J connectivity index is 1.39. The molecule has 3 amide bonds. The average Bonchev–Trinajstić information content (AvgIpc) is 3.18. The molecule has 1 saturated heterocycles. The van der Waals surface area contributed by atoms with Crippen LogP contribution in [0.2, 0.25) is 5.02 Å². The Morgan fingerprint density at radius 2 is 1.72 bits per heavy atom. The molecule has 8 nitrogen and oxygen atoms in total. The van der Waals surface area contributed by atoms with Crippen LogP contribution in [0.5, 0.6) is 0 Å². The molecule has 10 heteroatoms. The number of hydrogen-bond acceptors (Lipinski definition) is 6. The van der Waals surface area contributed by atoms with Gasteiger partial charge in [0.2, 0.25) is 0 Å². The molecule has 1 aromatic carbocycles. The molecule has 1 aliphatic rings. The van der Waals surface area contributed by atoms with Gasteiger partial charge in [0.05, 0.1) is 26.7 Å². The SMILES string of the molecule is Cc1cc(NC(=O)c2ccccc2Cl)sc1C(=O)N1CCN(C(=O)c2cnccn2)CC1. The van der Waals surface area contributed by atoms with Crippen molar-refractivity contribution in [3.05, 3.63) is 75.6 Å². The minimum Gasteiger partial charge on any atom is -0.334 e. The summed E-state index contributed by atoms with van der Waals surface area (Å²) in [7, 11) is 0. The number of amides is 3. The quantitative estimate of drug-likeness (QED) is 0.632. The van der Waals surface area contributed by atoms with Gasteiger partial charge < -0.3 is 15.1 Å². The number of aryl methyl sites for hydroxylation is 1. The van der Waals surface area contributed by atoms with E-state index in [-0.39, 0.29) is 17.7 Å². The third kappa shape index (κ3) is 4.63. The zero-order valence-corrected chi connectivity index (χ0v) is 18.8. The Kier molecular flexibility index (Phi) is 6.48. The summed E-state index contributed by atoms with van der Waals surface area (Å²) in [5.74, 6) is -0.633. The van der Waals surface area contributed by atoms with Crippen LogP contribution in [0.3, 0.4) is 0 Å². The van der Waals surface area contributed by atoms with Gasteiger partial charge in [0.25, 0.3) is 17.7 Å². The Bertz CT molecular complexity index is 1160. The third-order valence-electron chi connectivity index (χ3n) is 5.10. The number of hydrogen-bond donors (Lipinski definition) is 1. The standard InChI is InChI=1S/C22H20ClN5O3S/c1-14-12-18(26-20(29)15-4-2-3-5-16(15)23)32-19(14)22(31)28-10-8-27(9-11-28)21(30)17-13-24-6-7-25-17/h2-7,12-13H,8-11H2,1H3,(H,26,29). The van der Waals surface area contributed by atoms with E-state index in [1.807, 2.05) is 6.92 Å². The molecule has 2 aromatic heterocycles. The molecule has 0 spiro atoms. The minimum absolute atomic E-state index is 0.114. The first-order chi connectivity index (χ1) is 15.4. The molecule has 0 bridgehead atoms. The second-order valence-corrected chi connectivity index (χ2v) is 8.69. The third-order valence-corrected chi connectivity index (χ3v) is 6.57. The fourth-order valence-corrected chi connectivity index (χ4v) is 4.67. The van der Waals surface area contributed by atoms with E-state index >= 15 is 0 Å². The molecule has 32 heavy (non-hydrogen) atoms. The topological polar surface area (TPSA) is 95.5 Å². The van der Waals surface area contributed by atoms with E-state index in [4.69, 9.17) is 11.6 Å². The maximum Gasteiger partial charge on any atom is 0.274 e. The van der Waals surface area contributed by atoms with Gasteiger partial charge in [-0.05, 0) is 30.7 Å². The molecule has 4 rings (SSSR count). The van der Waals surface area contributed by atoms with Gasteiger partial charge in [-0.25, -0.2) is 4.98 Å². The second kappa shape index (κ2) is 9.46. The molecule has 0 unspecified atom stereocenters. The van der Waals surface area contributed by atoms with Gasteiger partial charge in [-0.1, -0.05) is 23.7 Å². The molecule has 1 aliphatic heterocycles. The van der Waals surface area contributed by atoms with Crippen molar-refractivity contribution in [2.45, 2.75) is 6.92 Å². The van der Waals surface area contributed by atoms with Gasteiger partial charge in [-0.15, -0.1) is 11.3 Å². The van der Waals surface area contributed by atoms with E-state index < -0.39 is 0 Å². The van der Waals surface area contributed by atoms with Crippen LogP contribution in [-0.4, -0.2) is 63.7 Å².